The highest BCUT2D eigenvalue weighted by atomic mass is 14.9. The fourth-order valence-corrected chi connectivity index (χ4v) is 1.80. The van der Waals surface area contributed by atoms with Gasteiger partial charge in [-0.3, -0.25) is 0 Å². The Morgan fingerprint density at radius 2 is 1.80 bits per heavy atom. The second-order valence-electron chi connectivity index (χ2n) is 4.18. The molecule has 0 bridgehead atoms. The van der Waals surface area contributed by atoms with Crippen molar-refractivity contribution in [2.24, 2.45) is 0 Å². The number of benzene rings is 1. The second-order valence-corrected chi connectivity index (χ2v) is 4.18. The molecule has 20 heavy (non-hydrogen) atoms. The third-order valence-corrected chi connectivity index (χ3v) is 2.86. The van der Waals surface area contributed by atoms with Crippen LogP contribution in [0.4, 0.5) is 0 Å². The van der Waals surface area contributed by atoms with Gasteiger partial charge in [0, 0.05) is 23.6 Å². The van der Waals surface area contributed by atoms with Crippen molar-refractivity contribution in [1.82, 2.24) is 4.57 Å². The average molecular weight is 258 g/mol. The molecular formula is C16H10N4. The largest absolute Gasteiger partial charge is 0.538 e. The minimum Gasteiger partial charge on any atom is -0.323 e. The first-order valence-corrected chi connectivity index (χ1v) is 5.84. The van der Waals surface area contributed by atoms with Crippen molar-refractivity contribution >= 4 is 5.57 Å². The van der Waals surface area contributed by atoms with Gasteiger partial charge in [0.2, 0.25) is 0 Å². The molecule has 0 aliphatic heterocycles. The Hall–Kier alpha value is -3.29. The molecule has 0 aliphatic rings. The van der Waals surface area contributed by atoms with Gasteiger partial charge in [0.15, 0.2) is 5.57 Å². The molecule has 0 N–H and O–H groups in total. The third-order valence-electron chi connectivity index (χ3n) is 2.86. The first-order valence-electron chi connectivity index (χ1n) is 5.84. The van der Waals surface area contributed by atoms with Crippen LogP contribution in [0, 0.1) is 31.4 Å². The molecule has 0 unspecified atom stereocenters. The van der Waals surface area contributed by atoms with Crippen LogP contribution in [0.1, 0.15) is 11.1 Å². The second kappa shape index (κ2) is 5.57. The van der Waals surface area contributed by atoms with E-state index in [1.165, 1.54) is 5.56 Å². The van der Waals surface area contributed by atoms with Crippen LogP contribution in [0.2, 0.25) is 0 Å². The molecule has 1 aromatic heterocycles. The maximum absolute atomic E-state index is 9.12. The van der Waals surface area contributed by atoms with E-state index in [0.717, 1.165) is 5.69 Å². The summed E-state index contributed by atoms with van der Waals surface area (Å²) in [5, 5.41) is 9.12. The molecule has 4 heteroatoms. The van der Waals surface area contributed by atoms with E-state index in [-0.39, 0.29) is 11.4 Å². The smallest absolute Gasteiger partial charge is 0.323 e. The first kappa shape index (κ1) is 13.1. The Kier molecular flexibility index (Phi) is 3.66. The number of aromatic nitrogens is 1. The summed E-state index contributed by atoms with van der Waals surface area (Å²) < 4.78 is 1.86. The van der Waals surface area contributed by atoms with Gasteiger partial charge in [-0.15, -0.1) is 0 Å². The molecule has 0 spiro atoms. The zero-order valence-electron chi connectivity index (χ0n) is 10.8. The maximum atomic E-state index is 9.12. The highest BCUT2D eigenvalue weighted by molar-refractivity contribution is 5.81. The van der Waals surface area contributed by atoms with Crippen LogP contribution >= 0.6 is 0 Å². The molecule has 1 aromatic carbocycles. The monoisotopic (exact) mass is 258 g/mol. The number of allylic oxidation sites excluding steroid dienone is 1. The van der Waals surface area contributed by atoms with E-state index < -0.39 is 0 Å². The minimum absolute atomic E-state index is 0.112. The van der Waals surface area contributed by atoms with E-state index in [0.29, 0.717) is 5.56 Å². The lowest BCUT2D eigenvalue weighted by Gasteiger charge is -2.02. The molecule has 0 aliphatic carbocycles. The van der Waals surface area contributed by atoms with Crippen LogP contribution in [-0.4, -0.2) is 4.57 Å². The predicted molar refractivity (Wildman–Crippen MR) is 76.2 cm³/mol. The Bertz CT molecular complexity index is 771. The Morgan fingerprint density at radius 1 is 1.15 bits per heavy atom. The van der Waals surface area contributed by atoms with Gasteiger partial charge in [-0.25, -0.2) is 0 Å². The van der Waals surface area contributed by atoms with Crippen LogP contribution in [-0.2, 0) is 0 Å². The predicted octanol–water partition coefficient (Wildman–Crippen LogP) is 3.82. The lowest BCUT2D eigenvalue weighted by atomic mass is 10.1. The fourth-order valence-electron chi connectivity index (χ4n) is 1.80. The Labute approximate surface area is 117 Å². The topological polar surface area (TPSA) is 37.4 Å². The zero-order valence-corrected chi connectivity index (χ0v) is 10.8. The summed E-state index contributed by atoms with van der Waals surface area (Å²) in [6, 6.07) is 11.6. The standard InChI is InChI=1S/C16H10N4/c1-12-4-6-14(7-5-12)20-9-8-13(11-20)15(10-17)16(18-2)19-3/h4-9,11H,1H3. The molecule has 0 fully saturated rings. The summed E-state index contributed by atoms with van der Waals surface area (Å²) in [5.74, 6) is -0.200. The van der Waals surface area contributed by atoms with E-state index >= 15 is 0 Å². The van der Waals surface area contributed by atoms with Crippen molar-refractivity contribution in [3.8, 4) is 11.8 Å². The molecule has 2 aromatic rings. The van der Waals surface area contributed by atoms with Crippen molar-refractivity contribution in [3.63, 3.8) is 0 Å². The van der Waals surface area contributed by atoms with Crippen LogP contribution < -0.4 is 0 Å². The number of rotatable bonds is 2. The molecule has 94 valence electrons. The van der Waals surface area contributed by atoms with Crippen LogP contribution in [0.25, 0.3) is 21.0 Å². The molecule has 0 atom stereocenters. The highest BCUT2D eigenvalue weighted by Crippen LogP contribution is 2.22. The molecule has 0 amide bonds. The molecule has 0 saturated heterocycles. The fraction of sp³-hybridized carbons (Fsp3) is 0.0625. The number of aryl methyl sites for hydroxylation is 1. The number of nitrogens with zero attached hydrogens (tertiary/aromatic N) is 4. The summed E-state index contributed by atoms with van der Waals surface area (Å²) >= 11 is 0. The summed E-state index contributed by atoms with van der Waals surface area (Å²) in [5.41, 5.74) is 2.82. The summed E-state index contributed by atoms with van der Waals surface area (Å²) in [6.07, 6.45) is 3.56. The zero-order chi connectivity index (χ0) is 14.5. The van der Waals surface area contributed by atoms with Crippen molar-refractivity contribution in [3.05, 3.63) is 82.5 Å². The molecule has 0 radical (unpaired) electrons. The van der Waals surface area contributed by atoms with Crippen LogP contribution in [0.3, 0.4) is 0 Å². The average Bonchev–Trinajstić information content (AvgIpc) is 2.94. The normalized spacial score (nSPS) is 9.10. The quantitative estimate of drug-likeness (QED) is 0.596. The minimum atomic E-state index is -0.200. The van der Waals surface area contributed by atoms with E-state index in [9.17, 15) is 0 Å². The van der Waals surface area contributed by atoms with Crippen molar-refractivity contribution in [2.75, 3.05) is 0 Å². The Morgan fingerprint density at radius 3 is 2.35 bits per heavy atom. The molecule has 0 saturated carbocycles. The lowest BCUT2D eigenvalue weighted by Crippen LogP contribution is -1.89. The first-order chi connectivity index (χ1) is 9.69. The van der Waals surface area contributed by atoms with Crippen LogP contribution in [0.5, 0.6) is 0 Å². The molecule has 4 nitrogen and oxygen atoms in total. The van der Waals surface area contributed by atoms with Gasteiger partial charge in [0.1, 0.15) is 13.1 Å². The van der Waals surface area contributed by atoms with E-state index in [4.69, 9.17) is 18.4 Å². The van der Waals surface area contributed by atoms with E-state index in [1.54, 1.807) is 12.3 Å². The molecule has 2 rings (SSSR count). The van der Waals surface area contributed by atoms with Crippen LogP contribution in [0.15, 0.2) is 48.5 Å². The highest BCUT2D eigenvalue weighted by Gasteiger charge is 2.17. The van der Waals surface area contributed by atoms with Crippen molar-refractivity contribution < 1.29 is 0 Å². The van der Waals surface area contributed by atoms with Gasteiger partial charge >= 0.3 is 5.82 Å². The van der Waals surface area contributed by atoms with Crippen molar-refractivity contribution in [1.29, 1.82) is 5.26 Å². The SMILES string of the molecule is [C-]#[N+]C([N+]#[C-])=C(C#N)c1ccn(-c2ccc(C)cc2)c1. The third kappa shape index (κ3) is 2.43. The summed E-state index contributed by atoms with van der Waals surface area (Å²) in [4.78, 5) is 6.18. The van der Waals surface area contributed by atoms with Gasteiger partial charge in [0.25, 0.3) is 0 Å². The van der Waals surface area contributed by atoms with E-state index in [1.807, 2.05) is 48.0 Å². The van der Waals surface area contributed by atoms with Gasteiger partial charge in [-0.2, -0.15) is 15.0 Å². The Balaban J connectivity index is 2.47. The maximum Gasteiger partial charge on any atom is 0.538 e. The van der Waals surface area contributed by atoms with Crippen molar-refractivity contribution in [2.45, 2.75) is 6.92 Å². The number of nitriles is 1. The molecule has 1 heterocycles. The van der Waals surface area contributed by atoms with E-state index in [2.05, 4.69) is 9.69 Å². The summed E-state index contributed by atoms with van der Waals surface area (Å²) in [6.45, 7) is 15.9. The van der Waals surface area contributed by atoms with Gasteiger partial charge in [-0.1, -0.05) is 17.7 Å². The van der Waals surface area contributed by atoms with Gasteiger partial charge in [0.05, 0.1) is 6.07 Å². The lowest BCUT2D eigenvalue weighted by molar-refractivity contribution is 1.08. The van der Waals surface area contributed by atoms with Gasteiger partial charge in [-0.05, 0) is 25.1 Å². The number of hydrogen-bond acceptors (Lipinski definition) is 1. The van der Waals surface area contributed by atoms with Gasteiger partial charge < -0.3 is 4.57 Å². The number of hydrogen-bond donors (Lipinski definition) is 0. The summed E-state index contributed by atoms with van der Waals surface area (Å²) in [7, 11) is 0. The molecular weight excluding hydrogens is 248 g/mol.